The van der Waals surface area contributed by atoms with Crippen molar-refractivity contribution in [3.63, 3.8) is 0 Å². The van der Waals surface area contributed by atoms with E-state index < -0.39 is 0 Å². The topological polar surface area (TPSA) is 20.2 Å². The van der Waals surface area contributed by atoms with Crippen molar-refractivity contribution in [1.29, 1.82) is 0 Å². The third-order valence-electron chi connectivity index (χ3n) is 1.53. The van der Waals surface area contributed by atoms with Gasteiger partial charge >= 0.3 is 0 Å². The van der Waals surface area contributed by atoms with E-state index in [4.69, 9.17) is 0 Å². The van der Waals surface area contributed by atoms with E-state index in [1.165, 1.54) is 0 Å². The third kappa shape index (κ3) is 3.43. The molecule has 0 aliphatic heterocycles. The molecule has 1 aromatic carbocycles. The van der Waals surface area contributed by atoms with Crippen molar-refractivity contribution in [1.82, 2.24) is 0 Å². The zero-order chi connectivity index (χ0) is 9.68. The Morgan fingerprint density at radius 1 is 1.38 bits per heavy atom. The summed E-state index contributed by atoms with van der Waals surface area (Å²) in [5.41, 5.74) is 1.88. The molecule has 1 N–H and O–H groups in total. The Morgan fingerprint density at radius 2 is 2.15 bits per heavy atom. The smallest absolute Gasteiger partial charge is 0.117 e. The first kappa shape index (κ1) is 10.0. The second-order valence-corrected chi connectivity index (χ2v) is 3.28. The van der Waals surface area contributed by atoms with Gasteiger partial charge in [0.05, 0.1) is 0 Å². The molecule has 0 aliphatic rings. The lowest BCUT2D eigenvalue weighted by Gasteiger charge is -1.96. The molecule has 0 heterocycles. The van der Waals surface area contributed by atoms with E-state index in [1.807, 2.05) is 13.0 Å². The van der Waals surface area contributed by atoms with Crippen molar-refractivity contribution in [2.45, 2.75) is 13.3 Å². The minimum absolute atomic E-state index is 0.273. The first-order chi connectivity index (χ1) is 6.22. The zero-order valence-corrected chi connectivity index (χ0v) is 8.44. The quantitative estimate of drug-likeness (QED) is 0.517. The van der Waals surface area contributed by atoms with Gasteiger partial charge in [0.2, 0.25) is 0 Å². The first-order valence-electron chi connectivity index (χ1n) is 4.13. The third-order valence-corrected chi connectivity index (χ3v) is 1.76. The summed E-state index contributed by atoms with van der Waals surface area (Å²) >= 11 is 4.06. The standard InChI is InChI=1S/C11H12OS/c1-9-6-10(4-2-3-5-13)8-11(12)7-9/h6-8,12-13H,3,5H2,1H3. The van der Waals surface area contributed by atoms with Crippen molar-refractivity contribution >= 4 is 12.6 Å². The Labute approximate surface area is 84.2 Å². The van der Waals surface area contributed by atoms with Gasteiger partial charge in [-0.1, -0.05) is 11.8 Å². The highest BCUT2D eigenvalue weighted by atomic mass is 32.1. The van der Waals surface area contributed by atoms with E-state index in [0.717, 1.165) is 23.3 Å². The van der Waals surface area contributed by atoms with E-state index in [2.05, 4.69) is 24.5 Å². The van der Waals surface area contributed by atoms with Gasteiger partial charge in [-0.15, -0.1) is 0 Å². The predicted molar refractivity (Wildman–Crippen MR) is 58.2 cm³/mol. The Hall–Kier alpha value is -1.07. The SMILES string of the molecule is Cc1cc(O)cc(C#CCCS)c1. The molecule has 13 heavy (non-hydrogen) atoms. The molecule has 1 rings (SSSR count). The molecule has 0 saturated heterocycles. The van der Waals surface area contributed by atoms with E-state index in [1.54, 1.807) is 12.1 Å². The van der Waals surface area contributed by atoms with Gasteiger partial charge in [-0.25, -0.2) is 0 Å². The van der Waals surface area contributed by atoms with Crippen LogP contribution in [0.5, 0.6) is 5.75 Å². The molecule has 1 aromatic rings. The number of hydrogen-bond donors (Lipinski definition) is 2. The van der Waals surface area contributed by atoms with Crippen LogP contribution in [0.1, 0.15) is 17.5 Å². The fourth-order valence-electron chi connectivity index (χ4n) is 1.06. The maximum Gasteiger partial charge on any atom is 0.117 e. The lowest BCUT2D eigenvalue weighted by Crippen LogP contribution is -1.78. The molecule has 0 spiro atoms. The van der Waals surface area contributed by atoms with Crippen LogP contribution in [0.15, 0.2) is 18.2 Å². The Kier molecular flexibility index (Phi) is 3.72. The lowest BCUT2D eigenvalue weighted by molar-refractivity contribution is 0.474. The normalized spacial score (nSPS) is 9.08. The second kappa shape index (κ2) is 4.84. The van der Waals surface area contributed by atoms with Crippen molar-refractivity contribution in [2.24, 2.45) is 0 Å². The van der Waals surface area contributed by atoms with Gasteiger partial charge < -0.3 is 5.11 Å². The molecule has 0 amide bonds. The van der Waals surface area contributed by atoms with Gasteiger partial charge in [0, 0.05) is 17.7 Å². The van der Waals surface area contributed by atoms with Gasteiger partial charge in [-0.05, 0) is 30.7 Å². The number of aromatic hydroxyl groups is 1. The second-order valence-electron chi connectivity index (χ2n) is 2.83. The molecule has 0 aliphatic carbocycles. The number of hydrogen-bond acceptors (Lipinski definition) is 2. The maximum absolute atomic E-state index is 9.27. The van der Waals surface area contributed by atoms with Crippen LogP contribution in [0.25, 0.3) is 0 Å². The van der Waals surface area contributed by atoms with Crippen LogP contribution >= 0.6 is 12.6 Å². The Balaban J connectivity index is 2.85. The van der Waals surface area contributed by atoms with Gasteiger partial charge in [-0.2, -0.15) is 12.6 Å². The van der Waals surface area contributed by atoms with E-state index >= 15 is 0 Å². The molecular weight excluding hydrogens is 180 g/mol. The molecule has 68 valence electrons. The molecule has 0 bridgehead atoms. The molecule has 2 heteroatoms. The average molecular weight is 192 g/mol. The summed E-state index contributed by atoms with van der Waals surface area (Å²) in [5, 5.41) is 9.27. The van der Waals surface area contributed by atoms with E-state index in [-0.39, 0.29) is 5.75 Å². The van der Waals surface area contributed by atoms with Gasteiger partial charge in [0.1, 0.15) is 5.75 Å². The molecule has 0 radical (unpaired) electrons. The number of benzene rings is 1. The van der Waals surface area contributed by atoms with E-state index in [0.29, 0.717) is 0 Å². The highest BCUT2D eigenvalue weighted by Gasteiger charge is 1.92. The highest BCUT2D eigenvalue weighted by molar-refractivity contribution is 7.80. The molecule has 0 unspecified atom stereocenters. The average Bonchev–Trinajstić information content (AvgIpc) is 2.03. The number of phenols is 1. The minimum Gasteiger partial charge on any atom is -0.508 e. The summed E-state index contributed by atoms with van der Waals surface area (Å²) < 4.78 is 0. The van der Waals surface area contributed by atoms with Gasteiger partial charge in [0.25, 0.3) is 0 Å². The fourth-order valence-corrected chi connectivity index (χ4v) is 1.17. The minimum atomic E-state index is 0.273. The molecular formula is C11H12OS. The zero-order valence-electron chi connectivity index (χ0n) is 7.54. The maximum atomic E-state index is 9.27. The Bertz CT molecular complexity index is 327. The van der Waals surface area contributed by atoms with E-state index in [9.17, 15) is 5.11 Å². The van der Waals surface area contributed by atoms with Crippen molar-refractivity contribution in [3.8, 4) is 17.6 Å². The summed E-state index contributed by atoms with van der Waals surface area (Å²) in [5.74, 6) is 6.98. The molecule has 0 fully saturated rings. The van der Waals surface area contributed by atoms with Crippen molar-refractivity contribution in [2.75, 3.05) is 5.75 Å². The first-order valence-corrected chi connectivity index (χ1v) is 4.76. The fraction of sp³-hybridized carbons (Fsp3) is 0.273. The van der Waals surface area contributed by atoms with Crippen LogP contribution < -0.4 is 0 Å². The number of rotatable bonds is 1. The lowest BCUT2D eigenvalue weighted by atomic mass is 10.1. The van der Waals surface area contributed by atoms with Crippen LogP contribution in [0.3, 0.4) is 0 Å². The van der Waals surface area contributed by atoms with Crippen LogP contribution in [0.4, 0.5) is 0 Å². The van der Waals surface area contributed by atoms with Crippen LogP contribution in [0, 0.1) is 18.8 Å². The molecule has 1 nitrogen and oxygen atoms in total. The summed E-state index contributed by atoms with van der Waals surface area (Å²) in [6.45, 7) is 1.93. The number of aryl methyl sites for hydroxylation is 1. The summed E-state index contributed by atoms with van der Waals surface area (Å²) in [4.78, 5) is 0. The molecule has 0 aromatic heterocycles. The summed E-state index contributed by atoms with van der Waals surface area (Å²) in [7, 11) is 0. The monoisotopic (exact) mass is 192 g/mol. The largest absolute Gasteiger partial charge is 0.508 e. The predicted octanol–water partition coefficient (Wildman–Crippen LogP) is 2.37. The highest BCUT2D eigenvalue weighted by Crippen LogP contribution is 2.13. The Morgan fingerprint density at radius 3 is 2.77 bits per heavy atom. The van der Waals surface area contributed by atoms with Crippen molar-refractivity contribution < 1.29 is 5.11 Å². The molecule has 0 atom stereocenters. The number of thiol groups is 1. The number of phenolic OH excluding ortho intramolecular Hbond substituents is 1. The summed E-state index contributed by atoms with van der Waals surface area (Å²) in [6, 6.07) is 5.33. The summed E-state index contributed by atoms with van der Waals surface area (Å²) in [6.07, 6.45) is 0.776. The molecule has 0 saturated carbocycles. The van der Waals surface area contributed by atoms with Crippen LogP contribution in [-0.4, -0.2) is 10.9 Å². The van der Waals surface area contributed by atoms with Crippen molar-refractivity contribution in [3.05, 3.63) is 29.3 Å². The van der Waals surface area contributed by atoms with Crippen LogP contribution in [0.2, 0.25) is 0 Å². The van der Waals surface area contributed by atoms with Gasteiger partial charge in [-0.3, -0.25) is 0 Å². The van der Waals surface area contributed by atoms with Crippen LogP contribution in [-0.2, 0) is 0 Å². The van der Waals surface area contributed by atoms with Gasteiger partial charge in [0.15, 0.2) is 0 Å².